The zero-order chi connectivity index (χ0) is 12.4. The molecule has 2 atom stereocenters. The quantitative estimate of drug-likeness (QED) is 0.816. The van der Waals surface area contributed by atoms with E-state index in [1.807, 2.05) is 6.07 Å². The van der Waals surface area contributed by atoms with Gasteiger partial charge in [-0.1, -0.05) is 12.1 Å². The van der Waals surface area contributed by atoms with Gasteiger partial charge in [0, 0.05) is 0 Å². The normalized spacial score (nSPS) is 24.6. The number of aryl methyl sites for hydroxylation is 1. The zero-order valence-electron chi connectivity index (χ0n) is 9.87. The lowest BCUT2D eigenvalue weighted by Gasteiger charge is -2.28. The molecule has 2 rings (SSSR count). The summed E-state index contributed by atoms with van der Waals surface area (Å²) in [6.07, 6.45) is 1.56. The van der Waals surface area contributed by atoms with Crippen molar-refractivity contribution in [1.29, 1.82) is 0 Å². The first-order valence-electron chi connectivity index (χ1n) is 5.86. The molecule has 4 heteroatoms. The SMILES string of the molecule is Cc1ccc(C2CCNC(C(N)=O)C2)cc1F. The number of nitrogens with two attached hydrogens (primary N) is 1. The lowest BCUT2D eigenvalue weighted by atomic mass is 9.86. The Hall–Kier alpha value is -1.42. The molecular weight excluding hydrogens is 219 g/mol. The van der Waals surface area contributed by atoms with E-state index in [2.05, 4.69) is 5.32 Å². The van der Waals surface area contributed by atoms with Gasteiger partial charge in [-0.15, -0.1) is 0 Å². The third-order valence-corrected chi connectivity index (χ3v) is 3.41. The van der Waals surface area contributed by atoms with Gasteiger partial charge in [-0.25, -0.2) is 4.39 Å². The van der Waals surface area contributed by atoms with Crippen molar-refractivity contribution in [3.8, 4) is 0 Å². The molecule has 0 saturated carbocycles. The van der Waals surface area contributed by atoms with Crippen LogP contribution in [0.1, 0.15) is 29.9 Å². The van der Waals surface area contributed by atoms with Crippen LogP contribution in [-0.2, 0) is 4.79 Å². The van der Waals surface area contributed by atoms with Crippen LogP contribution in [0.2, 0.25) is 0 Å². The van der Waals surface area contributed by atoms with Crippen molar-refractivity contribution in [3.05, 3.63) is 35.1 Å². The second kappa shape index (κ2) is 4.84. The molecule has 0 aromatic heterocycles. The Morgan fingerprint density at radius 1 is 1.53 bits per heavy atom. The maximum Gasteiger partial charge on any atom is 0.234 e. The van der Waals surface area contributed by atoms with Crippen LogP contribution in [0.15, 0.2) is 18.2 Å². The summed E-state index contributed by atoms with van der Waals surface area (Å²) in [5.41, 5.74) is 6.89. The van der Waals surface area contributed by atoms with E-state index < -0.39 is 0 Å². The van der Waals surface area contributed by atoms with E-state index >= 15 is 0 Å². The molecule has 1 aromatic carbocycles. The largest absolute Gasteiger partial charge is 0.368 e. The molecule has 92 valence electrons. The summed E-state index contributed by atoms with van der Waals surface area (Å²) in [6, 6.07) is 5.00. The Bertz CT molecular complexity index is 433. The second-order valence-corrected chi connectivity index (χ2v) is 4.64. The molecule has 1 aromatic rings. The molecule has 17 heavy (non-hydrogen) atoms. The second-order valence-electron chi connectivity index (χ2n) is 4.64. The number of rotatable bonds is 2. The number of halogens is 1. The summed E-state index contributed by atoms with van der Waals surface area (Å²) in [7, 11) is 0. The van der Waals surface area contributed by atoms with Gasteiger partial charge in [0.15, 0.2) is 0 Å². The van der Waals surface area contributed by atoms with Crippen molar-refractivity contribution in [3.63, 3.8) is 0 Å². The van der Waals surface area contributed by atoms with Crippen LogP contribution in [0.4, 0.5) is 4.39 Å². The molecule has 0 bridgehead atoms. The number of nitrogens with one attached hydrogen (secondary N) is 1. The molecule has 0 radical (unpaired) electrons. The maximum atomic E-state index is 13.5. The standard InChI is InChI=1S/C13H17FN2O/c1-8-2-3-9(6-11(8)14)10-4-5-16-12(7-10)13(15)17/h2-3,6,10,12,16H,4-5,7H2,1H3,(H2,15,17). The number of hydrogen-bond donors (Lipinski definition) is 2. The Morgan fingerprint density at radius 2 is 2.29 bits per heavy atom. The van der Waals surface area contributed by atoms with Gasteiger partial charge in [0.1, 0.15) is 5.82 Å². The van der Waals surface area contributed by atoms with Crippen LogP contribution in [0.3, 0.4) is 0 Å². The first-order chi connectivity index (χ1) is 8.08. The Kier molecular flexibility index (Phi) is 3.43. The van der Waals surface area contributed by atoms with Crippen LogP contribution in [0, 0.1) is 12.7 Å². The Labute approximate surface area is 100 Å². The fourth-order valence-electron chi connectivity index (χ4n) is 2.30. The first kappa shape index (κ1) is 12.0. The number of amides is 1. The van der Waals surface area contributed by atoms with Gasteiger partial charge in [0.25, 0.3) is 0 Å². The van der Waals surface area contributed by atoms with E-state index in [1.165, 1.54) is 0 Å². The van der Waals surface area contributed by atoms with Crippen molar-refractivity contribution < 1.29 is 9.18 Å². The average Bonchev–Trinajstić information content (AvgIpc) is 2.33. The van der Waals surface area contributed by atoms with E-state index in [4.69, 9.17) is 5.73 Å². The van der Waals surface area contributed by atoms with Gasteiger partial charge >= 0.3 is 0 Å². The topological polar surface area (TPSA) is 55.1 Å². The number of carbonyl (C=O) groups is 1. The van der Waals surface area contributed by atoms with Crippen molar-refractivity contribution in [2.75, 3.05) is 6.54 Å². The summed E-state index contributed by atoms with van der Waals surface area (Å²) >= 11 is 0. The molecule has 3 nitrogen and oxygen atoms in total. The van der Waals surface area contributed by atoms with Crippen LogP contribution in [0.5, 0.6) is 0 Å². The van der Waals surface area contributed by atoms with Crippen molar-refractivity contribution in [2.45, 2.75) is 31.7 Å². The fraction of sp³-hybridized carbons (Fsp3) is 0.462. The molecule has 1 fully saturated rings. The van der Waals surface area contributed by atoms with Gasteiger partial charge in [0.05, 0.1) is 6.04 Å². The monoisotopic (exact) mass is 236 g/mol. The predicted octanol–water partition coefficient (Wildman–Crippen LogP) is 1.46. The minimum absolute atomic E-state index is 0.184. The number of primary amides is 1. The van der Waals surface area contributed by atoms with Gasteiger partial charge in [-0.3, -0.25) is 4.79 Å². The summed E-state index contributed by atoms with van der Waals surface area (Å²) < 4.78 is 13.5. The molecule has 0 aliphatic carbocycles. The van der Waals surface area contributed by atoms with Crippen LogP contribution in [0.25, 0.3) is 0 Å². The van der Waals surface area contributed by atoms with Gasteiger partial charge < -0.3 is 11.1 Å². The van der Waals surface area contributed by atoms with E-state index in [1.54, 1.807) is 19.1 Å². The van der Waals surface area contributed by atoms with E-state index in [9.17, 15) is 9.18 Å². The molecule has 1 amide bonds. The molecule has 1 saturated heterocycles. The minimum Gasteiger partial charge on any atom is -0.368 e. The molecule has 1 aliphatic heterocycles. The summed E-state index contributed by atoms with van der Waals surface area (Å²) in [4.78, 5) is 11.1. The smallest absolute Gasteiger partial charge is 0.234 e. The van der Waals surface area contributed by atoms with Gasteiger partial charge in [0.2, 0.25) is 5.91 Å². The van der Waals surface area contributed by atoms with Crippen molar-refractivity contribution in [2.24, 2.45) is 5.73 Å². The number of piperidine rings is 1. The van der Waals surface area contributed by atoms with Crippen LogP contribution < -0.4 is 11.1 Å². The van der Waals surface area contributed by atoms with E-state index in [0.717, 1.165) is 18.5 Å². The molecule has 3 N–H and O–H groups in total. The molecule has 0 spiro atoms. The number of benzene rings is 1. The lowest BCUT2D eigenvalue weighted by Crippen LogP contribution is -2.46. The first-order valence-corrected chi connectivity index (χ1v) is 5.86. The lowest BCUT2D eigenvalue weighted by molar-refractivity contribution is -0.120. The summed E-state index contributed by atoms with van der Waals surface area (Å²) in [6.45, 7) is 2.49. The third kappa shape index (κ3) is 2.64. The summed E-state index contributed by atoms with van der Waals surface area (Å²) in [5, 5.41) is 3.08. The summed E-state index contributed by atoms with van der Waals surface area (Å²) in [5.74, 6) is -0.303. The highest BCUT2D eigenvalue weighted by Gasteiger charge is 2.26. The van der Waals surface area contributed by atoms with E-state index in [-0.39, 0.29) is 23.7 Å². The third-order valence-electron chi connectivity index (χ3n) is 3.41. The van der Waals surface area contributed by atoms with Crippen LogP contribution in [-0.4, -0.2) is 18.5 Å². The Balaban J connectivity index is 2.16. The highest BCUT2D eigenvalue weighted by molar-refractivity contribution is 5.80. The number of hydrogen-bond acceptors (Lipinski definition) is 2. The predicted molar refractivity (Wildman–Crippen MR) is 64.1 cm³/mol. The molecular formula is C13H17FN2O. The Morgan fingerprint density at radius 3 is 2.94 bits per heavy atom. The average molecular weight is 236 g/mol. The van der Waals surface area contributed by atoms with Gasteiger partial charge in [-0.05, 0) is 49.4 Å². The molecule has 1 heterocycles. The highest BCUT2D eigenvalue weighted by atomic mass is 19.1. The molecule has 2 unspecified atom stereocenters. The fourth-order valence-corrected chi connectivity index (χ4v) is 2.30. The van der Waals surface area contributed by atoms with Gasteiger partial charge in [-0.2, -0.15) is 0 Å². The highest BCUT2D eigenvalue weighted by Crippen LogP contribution is 2.28. The van der Waals surface area contributed by atoms with E-state index in [0.29, 0.717) is 12.0 Å². The van der Waals surface area contributed by atoms with Crippen LogP contribution >= 0.6 is 0 Å². The maximum absolute atomic E-state index is 13.5. The minimum atomic E-state index is -0.331. The number of carbonyl (C=O) groups excluding carboxylic acids is 1. The zero-order valence-corrected chi connectivity index (χ0v) is 9.87. The molecule has 1 aliphatic rings. The van der Waals surface area contributed by atoms with Crippen molar-refractivity contribution in [1.82, 2.24) is 5.32 Å². The van der Waals surface area contributed by atoms with Crippen molar-refractivity contribution >= 4 is 5.91 Å².